The maximum atomic E-state index is 13.0. The Hall–Kier alpha value is -3.40. The summed E-state index contributed by atoms with van der Waals surface area (Å²) in [6.45, 7) is 8.15. The number of hydrogen-bond donors (Lipinski definition) is 0. The van der Waals surface area contributed by atoms with E-state index in [4.69, 9.17) is 0 Å². The Morgan fingerprint density at radius 2 is 1.57 bits per heavy atom. The molecule has 0 saturated heterocycles. The molecule has 1 amide bonds. The van der Waals surface area contributed by atoms with Crippen LogP contribution in [0.15, 0.2) is 71.3 Å². The third kappa shape index (κ3) is 3.07. The molecular weight excluding hydrogens is 346 g/mol. The van der Waals surface area contributed by atoms with Crippen LogP contribution in [0.2, 0.25) is 0 Å². The fourth-order valence-electron chi connectivity index (χ4n) is 3.68. The molecule has 0 saturated carbocycles. The fraction of sp³-hybridized carbons (Fsp3) is 0.167. The van der Waals surface area contributed by atoms with Gasteiger partial charge in [0.15, 0.2) is 0 Å². The number of nitrogens with zero attached hydrogens (tertiary/aromatic N) is 3. The number of para-hydroxylation sites is 1. The van der Waals surface area contributed by atoms with Crippen molar-refractivity contribution in [3.63, 3.8) is 0 Å². The first kappa shape index (κ1) is 18.0. The van der Waals surface area contributed by atoms with Crippen molar-refractivity contribution >= 4 is 23.4 Å². The molecule has 1 aliphatic rings. The van der Waals surface area contributed by atoms with Crippen LogP contribution < -0.4 is 5.01 Å². The minimum Gasteiger partial charge on any atom is -0.318 e. The van der Waals surface area contributed by atoms with Crippen molar-refractivity contribution in [2.24, 2.45) is 5.10 Å². The first-order valence-electron chi connectivity index (χ1n) is 9.38. The predicted molar refractivity (Wildman–Crippen MR) is 115 cm³/mol. The molecule has 0 radical (unpaired) electrons. The third-order valence-electron chi connectivity index (χ3n) is 5.09. The van der Waals surface area contributed by atoms with Crippen LogP contribution in [-0.4, -0.2) is 16.2 Å². The Morgan fingerprint density at radius 1 is 0.857 bits per heavy atom. The zero-order valence-corrected chi connectivity index (χ0v) is 16.6. The lowest BCUT2D eigenvalue weighted by Gasteiger charge is -2.11. The van der Waals surface area contributed by atoms with Crippen LogP contribution in [0.5, 0.6) is 0 Å². The standard InChI is InChI=1S/C24H23N3O/c1-16-9-8-12-22(13-16)26-17(2)14-20(19(26)4)15-23-18(3)25-27(24(23)28)21-10-6-5-7-11-21/h5-15H,1-4H3/b23-15+. The lowest BCUT2D eigenvalue weighted by atomic mass is 10.1. The van der Waals surface area contributed by atoms with Gasteiger partial charge in [0.25, 0.3) is 5.91 Å². The van der Waals surface area contributed by atoms with Crippen LogP contribution in [-0.2, 0) is 4.79 Å². The molecule has 2 heterocycles. The molecule has 0 spiro atoms. The van der Waals surface area contributed by atoms with Gasteiger partial charge in [-0.15, -0.1) is 0 Å². The highest BCUT2D eigenvalue weighted by molar-refractivity contribution is 6.32. The largest absolute Gasteiger partial charge is 0.318 e. The van der Waals surface area contributed by atoms with Crippen LogP contribution in [0.1, 0.15) is 29.4 Å². The lowest BCUT2D eigenvalue weighted by Crippen LogP contribution is -2.21. The summed E-state index contributed by atoms with van der Waals surface area (Å²) in [4.78, 5) is 13.0. The highest BCUT2D eigenvalue weighted by Crippen LogP contribution is 2.28. The smallest absolute Gasteiger partial charge is 0.280 e. The van der Waals surface area contributed by atoms with Gasteiger partial charge in [-0.1, -0.05) is 30.3 Å². The van der Waals surface area contributed by atoms with Crippen LogP contribution in [0.25, 0.3) is 11.8 Å². The minimum absolute atomic E-state index is 0.0935. The summed E-state index contributed by atoms with van der Waals surface area (Å²) >= 11 is 0. The van der Waals surface area contributed by atoms with Crippen molar-refractivity contribution in [2.75, 3.05) is 5.01 Å². The number of benzene rings is 2. The number of carbonyl (C=O) groups excluding carboxylic acids is 1. The van der Waals surface area contributed by atoms with Crippen molar-refractivity contribution < 1.29 is 4.79 Å². The van der Waals surface area contributed by atoms with Crippen molar-refractivity contribution in [3.8, 4) is 5.69 Å². The molecule has 4 nitrogen and oxygen atoms in total. The van der Waals surface area contributed by atoms with E-state index >= 15 is 0 Å². The number of aryl methyl sites for hydroxylation is 2. The van der Waals surface area contributed by atoms with E-state index in [2.05, 4.69) is 60.8 Å². The molecular formula is C24H23N3O. The number of rotatable bonds is 3. The monoisotopic (exact) mass is 369 g/mol. The zero-order valence-electron chi connectivity index (χ0n) is 16.6. The highest BCUT2D eigenvalue weighted by atomic mass is 16.2. The minimum atomic E-state index is -0.0935. The predicted octanol–water partition coefficient (Wildman–Crippen LogP) is 5.21. The van der Waals surface area contributed by atoms with Gasteiger partial charge in [0, 0.05) is 17.1 Å². The van der Waals surface area contributed by atoms with Gasteiger partial charge in [-0.2, -0.15) is 10.1 Å². The van der Waals surface area contributed by atoms with E-state index in [1.807, 2.05) is 43.3 Å². The quantitative estimate of drug-likeness (QED) is 0.584. The molecule has 28 heavy (non-hydrogen) atoms. The van der Waals surface area contributed by atoms with Crippen molar-refractivity contribution in [1.82, 2.24) is 4.57 Å². The van der Waals surface area contributed by atoms with Crippen molar-refractivity contribution in [3.05, 3.63) is 88.8 Å². The summed E-state index contributed by atoms with van der Waals surface area (Å²) in [6, 6.07) is 20.1. The molecule has 1 aromatic heterocycles. The molecule has 0 bridgehead atoms. The molecule has 2 aromatic carbocycles. The summed E-state index contributed by atoms with van der Waals surface area (Å²) in [5.74, 6) is -0.0935. The summed E-state index contributed by atoms with van der Waals surface area (Å²) in [6.07, 6.45) is 1.96. The van der Waals surface area contributed by atoms with Gasteiger partial charge in [0.05, 0.1) is 17.0 Å². The fourth-order valence-corrected chi connectivity index (χ4v) is 3.68. The normalized spacial score (nSPS) is 15.4. The Kier molecular flexibility index (Phi) is 4.47. The molecule has 3 aromatic rings. The van der Waals surface area contributed by atoms with E-state index in [0.717, 1.165) is 34.0 Å². The van der Waals surface area contributed by atoms with E-state index in [-0.39, 0.29) is 5.91 Å². The van der Waals surface area contributed by atoms with Crippen LogP contribution in [0.3, 0.4) is 0 Å². The van der Waals surface area contributed by atoms with Gasteiger partial charge >= 0.3 is 0 Å². The third-order valence-corrected chi connectivity index (χ3v) is 5.09. The summed E-state index contributed by atoms with van der Waals surface area (Å²) < 4.78 is 2.22. The number of hydrazone groups is 1. The van der Waals surface area contributed by atoms with E-state index in [0.29, 0.717) is 5.57 Å². The Bertz CT molecular complexity index is 1120. The topological polar surface area (TPSA) is 37.6 Å². The first-order chi connectivity index (χ1) is 13.5. The SMILES string of the molecule is CC1=NN(c2ccccc2)C(=O)/C1=C/c1cc(C)n(-c2cccc(C)c2)c1C. The number of anilines is 1. The number of amides is 1. The molecule has 0 aliphatic carbocycles. The lowest BCUT2D eigenvalue weighted by molar-refractivity contribution is -0.114. The molecule has 0 atom stereocenters. The van der Waals surface area contributed by atoms with Crippen molar-refractivity contribution in [2.45, 2.75) is 27.7 Å². The number of hydrogen-bond acceptors (Lipinski definition) is 2. The van der Waals surface area contributed by atoms with Gasteiger partial charge in [0.1, 0.15) is 0 Å². The van der Waals surface area contributed by atoms with Gasteiger partial charge in [0.2, 0.25) is 0 Å². The number of aromatic nitrogens is 1. The summed E-state index contributed by atoms with van der Waals surface area (Å²) in [5.41, 5.74) is 7.77. The van der Waals surface area contributed by atoms with Gasteiger partial charge in [-0.3, -0.25) is 4.79 Å². The molecule has 4 rings (SSSR count). The molecule has 0 unspecified atom stereocenters. The first-order valence-corrected chi connectivity index (χ1v) is 9.38. The molecule has 140 valence electrons. The second-order valence-electron chi connectivity index (χ2n) is 7.20. The Balaban J connectivity index is 1.73. The maximum absolute atomic E-state index is 13.0. The molecule has 0 N–H and O–H groups in total. The van der Waals surface area contributed by atoms with E-state index in [1.165, 1.54) is 10.6 Å². The Labute approximate surface area is 165 Å². The molecule has 0 fully saturated rings. The maximum Gasteiger partial charge on any atom is 0.280 e. The summed E-state index contributed by atoms with van der Waals surface area (Å²) in [5, 5.41) is 5.94. The number of carbonyl (C=O) groups is 1. The highest BCUT2D eigenvalue weighted by Gasteiger charge is 2.29. The van der Waals surface area contributed by atoms with Gasteiger partial charge in [-0.25, -0.2) is 0 Å². The Morgan fingerprint density at radius 3 is 2.29 bits per heavy atom. The molecule has 4 heteroatoms. The van der Waals surface area contributed by atoms with E-state index in [1.54, 1.807) is 0 Å². The second kappa shape index (κ2) is 6.97. The van der Waals surface area contributed by atoms with E-state index < -0.39 is 0 Å². The summed E-state index contributed by atoms with van der Waals surface area (Å²) in [7, 11) is 0. The van der Waals surface area contributed by atoms with Gasteiger partial charge < -0.3 is 4.57 Å². The molecule has 1 aliphatic heterocycles. The second-order valence-corrected chi connectivity index (χ2v) is 7.20. The van der Waals surface area contributed by atoms with Crippen molar-refractivity contribution in [1.29, 1.82) is 0 Å². The van der Waals surface area contributed by atoms with Crippen LogP contribution in [0.4, 0.5) is 5.69 Å². The zero-order chi connectivity index (χ0) is 19.8. The van der Waals surface area contributed by atoms with E-state index in [9.17, 15) is 4.79 Å². The van der Waals surface area contributed by atoms with Gasteiger partial charge in [-0.05, 0) is 75.2 Å². The average Bonchev–Trinajstić information content (AvgIpc) is 3.12. The van der Waals surface area contributed by atoms with Crippen LogP contribution in [0, 0.1) is 20.8 Å². The van der Waals surface area contributed by atoms with Crippen LogP contribution >= 0.6 is 0 Å². The average molecular weight is 369 g/mol.